The highest BCUT2D eigenvalue weighted by Gasteiger charge is 2.32. The number of halogens is 3. The van der Waals surface area contributed by atoms with Gasteiger partial charge in [0.25, 0.3) is 0 Å². The van der Waals surface area contributed by atoms with Crippen molar-refractivity contribution in [3.63, 3.8) is 0 Å². The molecule has 2 unspecified atom stereocenters. The van der Waals surface area contributed by atoms with Gasteiger partial charge in [0.15, 0.2) is 0 Å². The molecule has 1 aliphatic carbocycles. The van der Waals surface area contributed by atoms with Crippen LogP contribution in [0.2, 0.25) is 0 Å². The van der Waals surface area contributed by atoms with Crippen molar-refractivity contribution in [1.82, 2.24) is 5.32 Å². The lowest BCUT2D eigenvalue weighted by Gasteiger charge is -2.27. The van der Waals surface area contributed by atoms with Crippen molar-refractivity contribution >= 4 is 0 Å². The highest BCUT2D eigenvalue weighted by atomic mass is 19.4. The van der Waals surface area contributed by atoms with Crippen LogP contribution >= 0.6 is 0 Å². The second-order valence-electron chi connectivity index (χ2n) is 5.40. The monoisotopic (exact) mass is 287 g/mol. The molecule has 5 heteroatoms. The van der Waals surface area contributed by atoms with Crippen molar-refractivity contribution in [2.24, 2.45) is 5.92 Å². The zero-order chi connectivity index (χ0) is 14.6. The molecule has 0 aliphatic heterocycles. The van der Waals surface area contributed by atoms with Gasteiger partial charge in [-0.05, 0) is 30.4 Å². The van der Waals surface area contributed by atoms with Crippen LogP contribution in [0.25, 0.3) is 0 Å². The van der Waals surface area contributed by atoms with Crippen molar-refractivity contribution in [2.45, 2.75) is 44.5 Å². The molecule has 0 bridgehead atoms. The number of hydrogen-bond donors (Lipinski definition) is 2. The van der Waals surface area contributed by atoms with Gasteiger partial charge in [-0.25, -0.2) is 0 Å². The van der Waals surface area contributed by atoms with Crippen molar-refractivity contribution in [3.8, 4) is 0 Å². The first-order valence-corrected chi connectivity index (χ1v) is 7.02. The molecular formula is C15H20F3NO. The summed E-state index contributed by atoms with van der Waals surface area (Å²) in [4.78, 5) is 0. The fourth-order valence-corrected chi connectivity index (χ4v) is 2.77. The van der Waals surface area contributed by atoms with E-state index in [0.717, 1.165) is 31.7 Å². The van der Waals surface area contributed by atoms with Gasteiger partial charge in [-0.2, -0.15) is 13.2 Å². The van der Waals surface area contributed by atoms with Gasteiger partial charge in [0.2, 0.25) is 0 Å². The van der Waals surface area contributed by atoms with E-state index in [-0.39, 0.29) is 24.1 Å². The van der Waals surface area contributed by atoms with E-state index < -0.39 is 11.7 Å². The van der Waals surface area contributed by atoms with E-state index in [0.29, 0.717) is 6.54 Å². The van der Waals surface area contributed by atoms with Gasteiger partial charge >= 0.3 is 6.18 Å². The van der Waals surface area contributed by atoms with Crippen molar-refractivity contribution in [1.29, 1.82) is 0 Å². The predicted octanol–water partition coefficient (Wildman–Crippen LogP) is 3.35. The number of aliphatic hydroxyl groups is 1. The van der Waals surface area contributed by atoms with E-state index in [1.165, 1.54) is 12.1 Å². The van der Waals surface area contributed by atoms with Crippen LogP contribution in [0.15, 0.2) is 24.3 Å². The standard InChI is InChI=1S/C15H20F3NO/c16-15(17,18)13-7-3-1-5-11(13)9-19-10-12-6-2-4-8-14(12)20/h1,3,5,7,12,14,19-20H,2,4,6,8-10H2. The van der Waals surface area contributed by atoms with Crippen LogP contribution in [0, 0.1) is 5.92 Å². The maximum absolute atomic E-state index is 12.8. The summed E-state index contributed by atoms with van der Waals surface area (Å²) in [6.07, 6.45) is -0.783. The normalized spacial score (nSPS) is 23.8. The molecule has 20 heavy (non-hydrogen) atoms. The van der Waals surface area contributed by atoms with E-state index in [2.05, 4.69) is 5.32 Å². The van der Waals surface area contributed by atoms with Gasteiger partial charge in [-0.15, -0.1) is 0 Å². The third kappa shape index (κ3) is 3.96. The van der Waals surface area contributed by atoms with Gasteiger partial charge in [0.05, 0.1) is 11.7 Å². The van der Waals surface area contributed by atoms with Crippen molar-refractivity contribution in [3.05, 3.63) is 35.4 Å². The summed E-state index contributed by atoms with van der Waals surface area (Å²) in [5, 5.41) is 12.9. The number of hydrogen-bond acceptors (Lipinski definition) is 2. The Morgan fingerprint density at radius 1 is 1.15 bits per heavy atom. The Morgan fingerprint density at radius 3 is 2.55 bits per heavy atom. The first-order valence-electron chi connectivity index (χ1n) is 7.02. The number of aliphatic hydroxyl groups excluding tert-OH is 1. The summed E-state index contributed by atoms with van der Waals surface area (Å²) < 4.78 is 38.5. The van der Waals surface area contributed by atoms with Crippen LogP contribution in [0.1, 0.15) is 36.8 Å². The lowest BCUT2D eigenvalue weighted by Crippen LogP contribution is -2.33. The fourth-order valence-electron chi connectivity index (χ4n) is 2.77. The summed E-state index contributed by atoms with van der Waals surface area (Å²) in [5.41, 5.74) is -0.331. The maximum atomic E-state index is 12.8. The number of benzene rings is 1. The zero-order valence-corrected chi connectivity index (χ0v) is 11.3. The molecule has 0 heterocycles. The molecule has 0 aromatic heterocycles. The molecule has 2 N–H and O–H groups in total. The summed E-state index contributed by atoms with van der Waals surface area (Å²) in [7, 11) is 0. The minimum Gasteiger partial charge on any atom is -0.393 e. The maximum Gasteiger partial charge on any atom is 0.416 e. The Morgan fingerprint density at radius 2 is 1.85 bits per heavy atom. The predicted molar refractivity (Wildman–Crippen MR) is 71.1 cm³/mol. The average molecular weight is 287 g/mol. The van der Waals surface area contributed by atoms with Crippen LogP contribution in [0.4, 0.5) is 13.2 Å². The molecule has 0 radical (unpaired) electrons. The molecule has 1 aromatic carbocycles. The Labute approximate surface area is 117 Å². The summed E-state index contributed by atoms with van der Waals surface area (Å²) in [5.74, 6) is 0.154. The minimum absolute atomic E-state index is 0.154. The van der Waals surface area contributed by atoms with Gasteiger partial charge in [0, 0.05) is 13.1 Å². The number of alkyl halides is 3. The van der Waals surface area contributed by atoms with Crippen LogP contribution < -0.4 is 5.32 Å². The minimum atomic E-state index is -4.32. The molecule has 1 saturated carbocycles. The van der Waals surface area contributed by atoms with Gasteiger partial charge < -0.3 is 10.4 Å². The largest absolute Gasteiger partial charge is 0.416 e. The Balaban J connectivity index is 1.91. The van der Waals surface area contributed by atoms with E-state index in [1.807, 2.05) is 0 Å². The van der Waals surface area contributed by atoms with Crippen LogP contribution in [-0.2, 0) is 12.7 Å². The first-order chi connectivity index (χ1) is 9.48. The summed E-state index contributed by atoms with van der Waals surface area (Å²) >= 11 is 0. The molecule has 112 valence electrons. The Hall–Kier alpha value is -1.07. The van der Waals surface area contributed by atoms with Crippen molar-refractivity contribution < 1.29 is 18.3 Å². The molecule has 2 nitrogen and oxygen atoms in total. The van der Waals surface area contributed by atoms with Crippen LogP contribution in [-0.4, -0.2) is 17.8 Å². The van der Waals surface area contributed by atoms with Crippen molar-refractivity contribution in [2.75, 3.05) is 6.54 Å². The molecule has 2 atom stereocenters. The first kappa shape index (κ1) is 15.3. The smallest absolute Gasteiger partial charge is 0.393 e. The number of rotatable bonds is 4. The number of nitrogens with one attached hydrogen (secondary N) is 1. The topological polar surface area (TPSA) is 32.3 Å². The fraction of sp³-hybridized carbons (Fsp3) is 0.600. The van der Waals surface area contributed by atoms with Gasteiger partial charge in [-0.1, -0.05) is 31.0 Å². The lowest BCUT2D eigenvalue weighted by atomic mass is 9.86. The highest BCUT2D eigenvalue weighted by Crippen LogP contribution is 2.31. The molecule has 1 aromatic rings. The van der Waals surface area contributed by atoms with E-state index in [4.69, 9.17) is 0 Å². The zero-order valence-electron chi connectivity index (χ0n) is 11.3. The Kier molecular flexibility index (Phi) is 5.05. The highest BCUT2D eigenvalue weighted by molar-refractivity contribution is 5.29. The van der Waals surface area contributed by atoms with E-state index in [9.17, 15) is 18.3 Å². The SMILES string of the molecule is OC1CCCCC1CNCc1ccccc1C(F)(F)F. The van der Waals surface area contributed by atoms with Gasteiger partial charge in [-0.3, -0.25) is 0 Å². The van der Waals surface area contributed by atoms with E-state index in [1.54, 1.807) is 6.07 Å². The Bertz CT molecular complexity index is 433. The molecule has 0 saturated heterocycles. The van der Waals surface area contributed by atoms with Gasteiger partial charge in [0.1, 0.15) is 0 Å². The molecule has 2 rings (SSSR count). The third-order valence-corrected chi connectivity index (χ3v) is 3.91. The lowest BCUT2D eigenvalue weighted by molar-refractivity contribution is -0.138. The molecule has 0 spiro atoms. The van der Waals surface area contributed by atoms with Crippen LogP contribution in [0.3, 0.4) is 0 Å². The molecule has 1 aliphatic rings. The van der Waals surface area contributed by atoms with E-state index >= 15 is 0 Å². The molecule has 0 amide bonds. The third-order valence-electron chi connectivity index (χ3n) is 3.91. The summed E-state index contributed by atoms with van der Waals surface area (Å²) in [6.45, 7) is 0.742. The second kappa shape index (κ2) is 6.59. The molecule has 1 fully saturated rings. The van der Waals surface area contributed by atoms with Crippen LogP contribution in [0.5, 0.6) is 0 Å². The second-order valence-corrected chi connectivity index (χ2v) is 5.40. The quantitative estimate of drug-likeness (QED) is 0.890. The summed E-state index contributed by atoms with van der Waals surface area (Å²) in [6, 6.07) is 5.61. The average Bonchev–Trinajstić information content (AvgIpc) is 2.40. The molecular weight excluding hydrogens is 267 g/mol.